The van der Waals surface area contributed by atoms with E-state index in [1.54, 1.807) is 7.11 Å². The highest BCUT2D eigenvalue weighted by Crippen LogP contribution is 2.35. The molecule has 1 fully saturated rings. The minimum absolute atomic E-state index is 0.149. The molecule has 0 saturated carbocycles. The minimum Gasteiger partial charge on any atom is -0.383 e. The van der Waals surface area contributed by atoms with Crippen LogP contribution in [0.5, 0.6) is 0 Å². The summed E-state index contributed by atoms with van der Waals surface area (Å²) < 4.78 is 10.9. The first-order valence-corrected chi connectivity index (χ1v) is 8.15. The van der Waals surface area contributed by atoms with Crippen LogP contribution in [0, 0.1) is 5.92 Å². The molecule has 0 N–H and O–H groups in total. The van der Waals surface area contributed by atoms with E-state index in [9.17, 15) is 0 Å². The van der Waals surface area contributed by atoms with Gasteiger partial charge in [0.1, 0.15) is 0 Å². The molecule has 0 aromatic carbocycles. The zero-order chi connectivity index (χ0) is 15.3. The molecule has 5 nitrogen and oxygen atoms in total. The van der Waals surface area contributed by atoms with Crippen molar-refractivity contribution in [3.63, 3.8) is 0 Å². The van der Waals surface area contributed by atoms with E-state index in [0.717, 1.165) is 44.3 Å². The second-order valence-corrected chi connectivity index (χ2v) is 6.63. The zero-order valence-electron chi connectivity index (χ0n) is 13.9. The maximum absolute atomic E-state index is 5.50. The van der Waals surface area contributed by atoms with Crippen molar-refractivity contribution in [3.05, 3.63) is 11.7 Å². The summed E-state index contributed by atoms with van der Waals surface area (Å²) in [6.45, 7) is 9.19. The Balaban J connectivity index is 2.04. The smallest absolute Gasteiger partial charge is 0.240 e. The molecule has 0 amide bonds. The van der Waals surface area contributed by atoms with Crippen LogP contribution in [0.25, 0.3) is 0 Å². The molecule has 120 valence electrons. The number of rotatable bonds is 8. The fraction of sp³-hybridized carbons (Fsp3) is 0.875. The van der Waals surface area contributed by atoms with Crippen LogP contribution in [0.15, 0.2) is 4.52 Å². The molecule has 1 atom stereocenters. The van der Waals surface area contributed by atoms with Crippen molar-refractivity contribution < 1.29 is 9.26 Å². The van der Waals surface area contributed by atoms with Gasteiger partial charge in [0.15, 0.2) is 5.82 Å². The van der Waals surface area contributed by atoms with Crippen LogP contribution in [-0.2, 0) is 17.7 Å². The van der Waals surface area contributed by atoms with Gasteiger partial charge in [-0.1, -0.05) is 32.3 Å². The van der Waals surface area contributed by atoms with Crippen molar-refractivity contribution >= 4 is 0 Å². The third-order valence-corrected chi connectivity index (χ3v) is 4.30. The number of hydrogen-bond acceptors (Lipinski definition) is 5. The summed E-state index contributed by atoms with van der Waals surface area (Å²) in [7, 11) is 1.79. The Hall–Kier alpha value is -0.940. The predicted molar refractivity (Wildman–Crippen MR) is 82.0 cm³/mol. The molecular formula is C16H29N3O2. The highest BCUT2D eigenvalue weighted by Gasteiger charge is 2.40. The highest BCUT2D eigenvalue weighted by molar-refractivity contribution is 4.98. The Kier molecular flexibility index (Phi) is 5.76. The summed E-state index contributed by atoms with van der Waals surface area (Å²) in [5, 5.41) is 4.09. The van der Waals surface area contributed by atoms with Crippen molar-refractivity contribution in [1.29, 1.82) is 0 Å². The van der Waals surface area contributed by atoms with Crippen molar-refractivity contribution in [3.8, 4) is 0 Å². The van der Waals surface area contributed by atoms with Crippen LogP contribution < -0.4 is 0 Å². The van der Waals surface area contributed by atoms with Crippen LogP contribution in [0.1, 0.15) is 58.2 Å². The highest BCUT2D eigenvalue weighted by atomic mass is 16.5. The minimum atomic E-state index is 0.149. The number of hydrogen-bond donors (Lipinski definition) is 0. The van der Waals surface area contributed by atoms with Gasteiger partial charge in [-0.25, -0.2) is 0 Å². The lowest BCUT2D eigenvalue weighted by Gasteiger charge is -2.37. The fourth-order valence-electron chi connectivity index (χ4n) is 3.46. The molecule has 0 radical (unpaired) electrons. The monoisotopic (exact) mass is 295 g/mol. The summed E-state index contributed by atoms with van der Waals surface area (Å²) in [5.74, 6) is 2.12. The number of aromatic nitrogens is 2. The molecule has 0 bridgehead atoms. The Morgan fingerprint density at radius 1 is 1.43 bits per heavy atom. The first-order valence-electron chi connectivity index (χ1n) is 8.15. The summed E-state index contributed by atoms with van der Waals surface area (Å²) in [5.41, 5.74) is 0.149. The van der Waals surface area contributed by atoms with Gasteiger partial charge in [-0.05, 0) is 31.7 Å². The van der Waals surface area contributed by atoms with Gasteiger partial charge in [-0.15, -0.1) is 0 Å². The maximum Gasteiger partial charge on any atom is 0.240 e. The van der Waals surface area contributed by atoms with E-state index < -0.39 is 0 Å². The molecule has 1 unspecified atom stereocenters. The third kappa shape index (κ3) is 4.04. The lowest BCUT2D eigenvalue weighted by atomic mass is 9.91. The van der Waals surface area contributed by atoms with E-state index in [0.29, 0.717) is 5.92 Å². The van der Waals surface area contributed by atoms with Crippen molar-refractivity contribution in [2.75, 3.05) is 20.3 Å². The van der Waals surface area contributed by atoms with Gasteiger partial charge >= 0.3 is 0 Å². The van der Waals surface area contributed by atoms with E-state index in [-0.39, 0.29) is 5.54 Å². The molecule has 1 aromatic rings. The SMILES string of the molecule is CCCC1(COC)CCCN1Cc1nc(CC(C)C)no1. The predicted octanol–water partition coefficient (Wildman–Crippen LogP) is 3.05. The normalized spacial score (nSPS) is 23.3. The molecular weight excluding hydrogens is 266 g/mol. The summed E-state index contributed by atoms with van der Waals surface area (Å²) in [6.07, 6.45) is 5.62. The lowest BCUT2D eigenvalue weighted by Crippen LogP contribution is -2.47. The van der Waals surface area contributed by atoms with Gasteiger partial charge in [0.05, 0.1) is 13.2 Å². The molecule has 1 aliphatic heterocycles. The van der Waals surface area contributed by atoms with E-state index in [4.69, 9.17) is 9.26 Å². The molecule has 5 heteroatoms. The van der Waals surface area contributed by atoms with Crippen molar-refractivity contribution in [2.24, 2.45) is 5.92 Å². The summed E-state index contributed by atoms with van der Waals surface area (Å²) in [4.78, 5) is 7.02. The molecule has 2 heterocycles. The zero-order valence-corrected chi connectivity index (χ0v) is 13.9. The quantitative estimate of drug-likeness (QED) is 0.738. The average Bonchev–Trinajstić information content (AvgIpc) is 2.99. The Bertz CT molecular complexity index is 425. The van der Waals surface area contributed by atoms with Crippen LogP contribution in [0.2, 0.25) is 0 Å². The van der Waals surface area contributed by atoms with Gasteiger partial charge < -0.3 is 9.26 Å². The van der Waals surface area contributed by atoms with Gasteiger partial charge in [-0.3, -0.25) is 4.90 Å². The molecule has 0 spiro atoms. The lowest BCUT2D eigenvalue weighted by molar-refractivity contribution is 0.0212. The van der Waals surface area contributed by atoms with Crippen LogP contribution in [0.3, 0.4) is 0 Å². The first-order chi connectivity index (χ1) is 10.1. The van der Waals surface area contributed by atoms with Crippen LogP contribution >= 0.6 is 0 Å². The summed E-state index contributed by atoms with van der Waals surface area (Å²) in [6, 6.07) is 0. The van der Waals surface area contributed by atoms with E-state index in [1.807, 2.05) is 0 Å². The van der Waals surface area contributed by atoms with Crippen LogP contribution in [0.4, 0.5) is 0 Å². The van der Waals surface area contributed by atoms with E-state index in [1.165, 1.54) is 19.3 Å². The number of ether oxygens (including phenoxy) is 1. The van der Waals surface area contributed by atoms with Gasteiger partial charge in [0.2, 0.25) is 5.89 Å². The molecule has 2 rings (SSSR count). The average molecular weight is 295 g/mol. The van der Waals surface area contributed by atoms with Crippen LogP contribution in [-0.4, -0.2) is 40.8 Å². The molecule has 1 aromatic heterocycles. The third-order valence-electron chi connectivity index (χ3n) is 4.30. The van der Waals surface area contributed by atoms with Gasteiger partial charge in [0.25, 0.3) is 0 Å². The van der Waals surface area contributed by atoms with Gasteiger partial charge in [0, 0.05) is 19.1 Å². The Morgan fingerprint density at radius 3 is 2.90 bits per heavy atom. The first kappa shape index (κ1) is 16.4. The number of methoxy groups -OCH3 is 1. The largest absolute Gasteiger partial charge is 0.383 e. The second kappa shape index (κ2) is 7.36. The molecule has 1 saturated heterocycles. The standard InChI is InChI=1S/C16H29N3O2/c1-5-7-16(12-20-4)8-6-9-19(16)11-15-17-14(18-21-15)10-13(2)3/h13H,5-12H2,1-4H3. The maximum atomic E-state index is 5.50. The van der Waals surface area contributed by atoms with Crippen molar-refractivity contribution in [1.82, 2.24) is 15.0 Å². The number of likely N-dealkylation sites (tertiary alicyclic amines) is 1. The summed E-state index contributed by atoms with van der Waals surface area (Å²) >= 11 is 0. The Labute approximate surface area is 128 Å². The van der Waals surface area contributed by atoms with E-state index in [2.05, 4.69) is 35.8 Å². The molecule has 21 heavy (non-hydrogen) atoms. The second-order valence-electron chi connectivity index (χ2n) is 6.63. The van der Waals surface area contributed by atoms with E-state index >= 15 is 0 Å². The molecule has 1 aliphatic rings. The molecule has 0 aliphatic carbocycles. The Morgan fingerprint density at radius 2 is 2.24 bits per heavy atom. The van der Waals surface area contributed by atoms with Crippen molar-refractivity contribution in [2.45, 2.75) is 65.0 Å². The van der Waals surface area contributed by atoms with Gasteiger partial charge in [-0.2, -0.15) is 4.98 Å². The topological polar surface area (TPSA) is 51.4 Å². The fourth-order valence-corrected chi connectivity index (χ4v) is 3.46. The number of nitrogens with zero attached hydrogens (tertiary/aromatic N) is 3.